The van der Waals surface area contributed by atoms with Gasteiger partial charge in [0.2, 0.25) is 5.91 Å². The Balaban J connectivity index is 3.63. The van der Waals surface area contributed by atoms with Crippen molar-refractivity contribution in [1.82, 2.24) is 5.32 Å². The number of hydrogen-bond donors (Lipinski definition) is 1. The second-order valence-corrected chi connectivity index (χ2v) is 2.04. The highest BCUT2D eigenvalue weighted by molar-refractivity contribution is 5.94. The molecule has 0 saturated heterocycles. The van der Waals surface area contributed by atoms with E-state index in [9.17, 15) is 9.59 Å². The molecule has 0 aromatic carbocycles. The molecule has 0 bridgehead atoms. The quantitative estimate of drug-likeness (QED) is 0.458. The molecular formula is C7H11NO3. The summed E-state index contributed by atoms with van der Waals surface area (Å²) in [5.74, 6) is -0.810. The summed E-state index contributed by atoms with van der Waals surface area (Å²) in [5, 5.41) is 2.32. The van der Waals surface area contributed by atoms with E-state index in [0.717, 1.165) is 0 Å². The molecule has 4 nitrogen and oxygen atoms in total. The molecule has 0 fully saturated rings. The lowest BCUT2D eigenvalue weighted by Crippen LogP contribution is -2.30. The molecule has 0 aliphatic heterocycles. The lowest BCUT2D eigenvalue weighted by molar-refractivity contribution is -0.140. The molecule has 0 aliphatic carbocycles. The Kier molecular flexibility index (Phi) is 3.95. The van der Waals surface area contributed by atoms with Crippen LogP contribution in [-0.4, -0.2) is 25.5 Å². The van der Waals surface area contributed by atoms with E-state index in [-0.39, 0.29) is 12.5 Å². The molecular weight excluding hydrogens is 146 g/mol. The van der Waals surface area contributed by atoms with E-state index in [1.807, 2.05) is 0 Å². The van der Waals surface area contributed by atoms with Gasteiger partial charge in [0, 0.05) is 5.57 Å². The smallest absolute Gasteiger partial charge is 0.325 e. The average Bonchev–Trinajstić information content (AvgIpc) is 1.99. The largest absolute Gasteiger partial charge is 0.468 e. The maximum Gasteiger partial charge on any atom is 0.325 e. The van der Waals surface area contributed by atoms with Crippen molar-refractivity contribution in [3.05, 3.63) is 12.2 Å². The highest BCUT2D eigenvalue weighted by atomic mass is 16.5. The molecule has 62 valence electrons. The van der Waals surface area contributed by atoms with Gasteiger partial charge in [-0.2, -0.15) is 0 Å². The summed E-state index contributed by atoms with van der Waals surface area (Å²) in [6.07, 6.45) is 0. The van der Waals surface area contributed by atoms with Crippen LogP contribution in [0, 0.1) is 0 Å². The van der Waals surface area contributed by atoms with Crippen molar-refractivity contribution < 1.29 is 14.3 Å². The van der Waals surface area contributed by atoms with Crippen molar-refractivity contribution in [3.63, 3.8) is 0 Å². The van der Waals surface area contributed by atoms with E-state index >= 15 is 0 Å². The second-order valence-electron chi connectivity index (χ2n) is 2.04. The molecule has 0 heterocycles. The molecule has 0 aromatic rings. The monoisotopic (exact) mass is 157 g/mol. The van der Waals surface area contributed by atoms with Crippen LogP contribution in [0.1, 0.15) is 6.92 Å². The molecule has 0 spiro atoms. The fourth-order valence-corrected chi connectivity index (χ4v) is 0.376. The van der Waals surface area contributed by atoms with Gasteiger partial charge in [-0.05, 0) is 6.92 Å². The predicted molar refractivity (Wildman–Crippen MR) is 39.8 cm³/mol. The van der Waals surface area contributed by atoms with E-state index in [4.69, 9.17) is 0 Å². The van der Waals surface area contributed by atoms with Gasteiger partial charge in [-0.3, -0.25) is 9.59 Å². The maximum atomic E-state index is 10.7. The van der Waals surface area contributed by atoms with Gasteiger partial charge in [0.1, 0.15) is 6.54 Å². The topological polar surface area (TPSA) is 55.4 Å². The molecule has 11 heavy (non-hydrogen) atoms. The summed E-state index contributed by atoms with van der Waals surface area (Å²) in [4.78, 5) is 21.2. The zero-order chi connectivity index (χ0) is 8.85. The third-order valence-corrected chi connectivity index (χ3v) is 1.01. The summed E-state index contributed by atoms with van der Waals surface area (Å²) in [5.41, 5.74) is 0.369. The van der Waals surface area contributed by atoms with Crippen LogP contribution in [-0.2, 0) is 14.3 Å². The van der Waals surface area contributed by atoms with Gasteiger partial charge in [0.25, 0.3) is 0 Å². The Bertz CT molecular complexity index is 186. The number of carbonyl (C=O) groups excluding carboxylic acids is 2. The molecule has 0 radical (unpaired) electrons. The Morgan fingerprint density at radius 3 is 2.45 bits per heavy atom. The number of nitrogens with one attached hydrogen (secondary N) is 1. The van der Waals surface area contributed by atoms with Crippen LogP contribution in [0.5, 0.6) is 0 Å². The van der Waals surface area contributed by atoms with Gasteiger partial charge in [-0.25, -0.2) is 0 Å². The third-order valence-electron chi connectivity index (χ3n) is 1.01. The van der Waals surface area contributed by atoms with Gasteiger partial charge >= 0.3 is 5.97 Å². The third kappa shape index (κ3) is 4.13. The van der Waals surface area contributed by atoms with Gasteiger partial charge in [0.05, 0.1) is 7.11 Å². The molecule has 0 aliphatic rings. The van der Waals surface area contributed by atoms with E-state index in [0.29, 0.717) is 5.57 Å². The summed E-state index contributed by atoms with van der Waals surface area (Å²) in [6.45, 7) is 4.85. The van der Waals surface area contributed by atoms with Gasteiger partial charge in [-0.1, -0.05) is 6.58 Å². The van der Waals surface area contributed by atoms with Crippen molar-refractivity contribution in [3.8, 4) is 0 Å². The highest BCUT2D eigenvalue weighted by Gasteiger charge is 2.04. The molecule has 0 aromatic heterocycles. The van der Waals surface area contributed by atoms with Crippen molar-refractivity contribution >= 4 is 11.9 Å². The molecule has 0 saturated carbocycles. The lowest BCUT2D eigenvalue weighted by atomic mass is 10.3. The Morgan fingerprint density at radius 2 is 2.09 bits per heavy atom. The van der Waals surface area contributed by atoms with E-state index in [2.05, 4.69) is 16.6 Å². The Hall–Kier alpha value is -1.32. The minimum Gasteiger partial charge on any atom is -0.468 e. The molecule has 0 atom stereocenters. The summed E-state index contributed by atoms with van der Waals surface area (Å²) in [6, 6.07) is 0. The van der Waals surface area contributed by atoms with Crippen molar-refractivity contribution in [1.29, 1.82) is 0 Å². The number of methoxy groups -OCH3 is 1. The first-order valence-electron chi connectivity index (χ1n) is 3.08. The van der Waals surface area contributed by atoms with Crippen LogP contribution < -0.4 is 5.32 Å². The fourth-order valence-electron chi connectivity index (χ4n) is 0.376. The molecule has 1 amide bonds. The first-order chi connectivity index (χ1) is 5.07. The summed E-state index contributed by atoms with van der Waals surface area (Å²) < 4.78 is 4.30. The number of esters is 1. The van der Waals surface area contributed by atoms with Crippen LogP contribution in [0.15, 0.2) is 12.2 Å². The van der Waals surface area contributed by atoms with E-state index < -0.39 is 5.97 Å². The van der Waals surface area contributed by atoms with Crippen molar-refractivity contribution in [2.45, 2.75) is 6.92 Å². The normalized spacial score (nSPS) is 8.55. The van der Waals surface area contributed by atoms with E-state index in [1.54, 1.807) is 6.92 Å². The molecule has 4 heteroatoms. The van der Waals surface area contributed by atoms with Gasteiger partial charge < -0.3 is 10.1 Å². The van der Waals surface area contributed by atoms with Crippen LogP contribution in [0.2, 0.25) is 0 Å². The SMILES string of the molecule is C=C(C)C(=O)NCC(=O)OC. The molecule has 1 N–H and O–H groups in total. The number of rotatable bonds is 3. The standard InChI is InChI=1S/C7H11NO3/c1-5(2)7(10)8-4-6(9)11-3/h1,4H2,2-3H3,(H,8,10). The molecule has 0 rings (SSSR count). The van der Waals surface area contributed by atoms with Crippen molar-refractivity contribution in [2.75, 3.05) is 13.7 Å². The maximum absolute atomic E-state index is 10.7. The fraction of sp³-hybridized carbons (Fsp3) is 0.429. The van der Waals surface area contributed by atoms with Crippen LogP contribution >= 0.6 is 0 Å². The lowest BCUT2D eigenvalue weighted by Gasteiger charge is -2.01. The molecule has 0 unspecified atom stereocenters. The zero-order valence-electron chi connectivity index (χ0n) is 6.64. The van der Waals surface area contributed by atoms with Gasteiger partial charge in [-0.15, -0.1) is 0 Å². The minimum absolute atomic E-state index is 0.109. The Morgan fingerprint density at radius 1 is 1.55 bits per heavy atom. The van der Waals surface area contributed by atoms with Crippen LogP contribution in [0.4, 0.5) is 0 Å². The first-order valence-corrected chi connectivity index (χ1v) is 3.08. The minimum atomic E-state index is -0.473. The predicted octanol–water partition coefficient (Wildman–Crippen LogP) is -0.148. The van der Waals surface area contributed by atoms with Gasteiger partial charge in [0.15, 0.2) is 0 Å². The first kappa shape index (κ1) is 9.68. The number of ether oxygens (including phenoxy) is 1. The van der Waals surface area contributed by atoms with E-state index in [1.165, 1.54) is 7.11 Å². The van der Waals surface area contributed by atoms with Crippen LogP contribution in [0.25, 0.3) is 0 Å². The zero-order valence-corrected chi connectivity index (χ0v) is 6.64. The Labute approximate surface area is 65.2 Å². The number of hydrogen-bond acceptors (Lipinski definition) is 3. The number of carbonyl (C=O) groups is 2. The van der Waals surface area contributed by atoms with Crippen LogP contribution in [0.3, 0.4) is 0 Å². The summed E-state index contributed by atoms with van der Waals surface area (Å²) >= 11 is 0. The average molecular weight is 157 g/mol. The van der Waals surface area contributed by atoms with Crippen molar-refractivity contribution in [2.24, 2.45) is 0 Å². The number of amides is 1. The second kappa shape index (κ2) is 4.49. The highest BCUT2D eigenvalue weighted by Crippen LogP contribution is 1.84. The summed E-state index contributed by atoms with van der Waals surface area (Å²) in [7, 11) is 1.26.